The minimum atomic E-state index is -3.56. The normalized spacial score (nSPS) is 13.0. The molecule has 0 aromatic carbocycles. The Morgan fingerprint density at radius 3 is 2.38 bits per heavy atom. The first-order valence-electron chi connectivity index (χ1n) is 6.14. The fraction of sp³-hybridized carbons (Fsp3) is 0.545. The highest BCUT2D eigenvalue weighted by atomic mass is 32.2. The summed E-state index contributed by atoms with van der Waals surface area (Å²) < 4.78 is 51.1. The van der Waals surface area contributed by atoms with Crippen LogP contribution >= 0.6 is 0 Å². The molecule has 1 aromatic rings. The van der Waals surface area contributed by atoms with Gasteiger partial charge in [-0.3, -0.25) is 4.98 Å². The van der Waals surface area contributed by atoms with Gasteiger partial charge in [-0.05, 0) is 11.6 Å². The van der Waals surface area contributed by atoms with Gasteiger partial charge in [0.15, 0.2) is 0 Å². The van der Waals surface area contributed by atoms with Crippen molar-refractivity contribution in [2.45, 2.75) is 6.54 Å². The number of hydrogen-bond donors (Lipinski definition) is 1. The van der Waals surface area contributed by atoms with Gasteiger partial charge in [-0.15, -0.1) is 0 Å². The minimum Gasteiger partial charge on any atom is -0.264 e. The van der Waals surface area contributed by atoms with Crippen molar-refractivity contribution >= 4 is 20.2 Å². The molecule has 0 unspecified atom stereocenters. The van der Waals surface area contributed by atoms with E-state index >= 15 is 0 Å². The van der Waals surface area contributed by atoms with Crippen molar-refractivity contribution in [2.75, 3.05) is 33.4 Å². The molecular formula is C11H20N4O4S2. The standard InChI is InChI=1S/C11H20N4O4S2/c1-14(2)21(18,19)13-7-8-15(20(3,16)17)10-11-5-4-6-12-9-11/h4-6,9,13H,7-8,10H2,1-3H3. The molecule has 0 spiro atoms. The van der Waals surface area contributed by atoms with Gasteiger partial charge in [0.2, 0.25) is 10.0 Å². The molecule has 0 fully saturated rings. The molecule has 120 valence electrons. The Kier molecular flexibility index (Phi) is 6.23. The Hall–Kier alpha value is -1.07. The SMILES string of the molecule is CN(C)S(=O)(=O)NCCN(Cc1cccnc1)S(C)(=O)=O. The van der Waals surface area contributed by atoms with Crippen molar-refractivity contribution < 1.29 is 16.8 Å². The summed E-state index contributed by atoms with van der Waals surface area (Å²) in [5.74, 6) is 0. The largest absolute Gasteiger partial charge is 0.278 e. The van der Waals surface area contributed by atoms with Crippen LogP contribution in [0.3, 0.4) is 0 Å². The number of aromatic nitrogens is 1. The molecule has 1 aromatic heterocycles. The second-order valence-electron chi connectivity index (χ2n) is 4.64. The van der Waals surface area contributed by atoms with Crippen LogP contribution in [-0.2, 0) is 26.8 Å². The Morgan fingerprint density at radius 2 is 1.90 bits per heavy atom. The zero-order valence-electron chi connectivity index (χ0n) is 12.2. The van der Waals surface area contributed by atoms with E-state index in [0.717, 1.165) is 16.1 Å². The third-order valence-electron chi connectivity index (χ3n) is 2.68. The molecular weight excluding hydrogens is 316 g/mol. The van der Waals surface area contributed by atoms with Gasteiger partial charge in [0.05, 0.1) is 6.26 Å². The van der Waals surface area contributed by atoms with Crippen molar-refractivity contribution in [3.05, 3.63) is 30.1 Å². The summed E-state index contributed by atoms with van der Waals surface area (Å²) in [4.78, 5) is 3.92. The van der Waals surface area contributed by atoms with E-state index in [0.29, 0.717) is 0 Å². The Bertz CT molecular complexity index is 644. The van der Waals surface area contributed by atoms with E-state index in [1.54, 1.807) is 24.5 Å². The van der Waals surface area contributed by atoms with Gasteiger partial charge < -0.3 is 0 Å². The topological polar surface area (TPSA) is 99.7 Å². The summed E-state index contributed by atoms with van der Waals surface area (Å²) in [5.41, 5.74) is 0.735. The third-order valence-corrected chi connectivity index (χ3v) is 5.46. The maximum atomic E-state index is 11.7. The molecule has 1 heterocycles. The fourth-order valence-electron chi connectivity index (χ4n) is 1.49. The molecule has 0 aliphatic carbocycles. The van der Waals surface area contributed by atoms with Crippen LogP contribution in [0.2, 0.25) is 0 Å². The van der Waals surface area contributed by atoms with Crippen molar-refractivity contribution in [1.29, 1.82) is 0 Å². The predicted octanol–water partition coefficient (Wildman–Crippen LogP) is -0.761. The third kappa shape index (κ3) is 6.06. The Balaban J connectivity index is 2.69. The summed E-state index contributed by atoms with van der Waals surface area (Å²) in [6, 6.07) is 3.47. The Morgan fingerprint density at radius 1 is 1.24 bits per heavy atom. The number of nitrogens with one attached hydrogen (secondary N) is 1. The average Bonchev–Trinajstić information content (AvgIpc) is 2.37. The van der Waals surface area contributed by atoms with E-state index < -0.39 is 20.2 Å². The molecule has 0 bridgehead atoms. The van der Waals surface area contributed by atoms with Crippen LogP contribution in [0.4, 0.5) is 0 Å². The molecule has 1 rings (SSSR count). The van der Waals surface area contributed by atoms with Crippen molar-refractivity contribution in [2.24, 2.45) is 0 Å². The van der Waals surface area contributed by atoms with Gasteiger partial charge in [-0.25, -0.2) is 13.1 Å². The second kappa shape index (κ2) is 7.27. The van der Waals surface area contributed by atoms with E-state index in [4.69, 9.17) is 0 Å². The van der Waals surface area contributed by atoms with Crippen LogP contribution in [0.5, 0.6) is 0 Å². The van der Waals surface area contributed by atoms with E-state index in [1.807, 2.05) is 0 Å². The molecule has 21 heavy (non-hydrogen) atoms. The van der Waals surface area contributed by atoms with Crippen LogP contribution in [0.25, 0.3) is 0 Å². The van der Waals surface area contributed by atoms with Crippen molar-refractivity contribution in [1.82, 2.24) is 18.3 Å². The highest BCUT2D eigenvalue weighted by molar-refractivity contribution is 7.88. The molecule has 0 aliphatic rings. The lowest BCUT2D eigenvalue weighted by molar-refractivity contribution is 0.409. The molecule has 0 radical (unpaired) electrons. The van der Waals surface area contributed by atoms with Crippen LogP contribution in [0.15, 0.2) is 24.5 Å². The van der Waals surface area contributed by atoms with Crippen LogP contribution < -0.4 is 4.72 Å². The van der Waals surface area contributed by atoms with E-state index in [2.05, 4.69) is 9.71 Å². The lowest BCUT2D eigenvalue weighted by Gasteiger charge is -2.20. The molecule has 10 heteroatoms. The van der Waals surface area contributed by atoms with Gasteiger partial charge in [0.1, 0.15) is 0 Å². The quantitative estimate of drug-likeness (QED) is 0.673. The number of rotatable bonds is 8. The van der Waals surface area contributed by atoms with Gasteiger partial charge in [-0.1, -0.05) is 6.07 Å². The zero-order valence-corrected chi connectivity index (χ0v) is 13.9. The average molecular weight is 336 g/mol. The highest BCUT2D eigenvalue weighted by Crippen LogP contribution is 2.06. The first-order valence-corrected chi connectivity index (χ1v) is 9.43. The van der Waals surface area contributed by atoms with Crippen molar-refractivity contribution in [3.8, 4) is 0 Å². The zero-order chi connectivity index (χ0) is 16.1. The molecule has 0 saturated heterocycles. The maximum Gasteiger partial charge on any atom is 0.278 e. The van der Waals surface area contributed by atoms with E-state index in [9.17, 15) is 16.8 Å². The van der Waals surface area contributed by atoms with Gasteiger partial charge in [-0.2, -0.15) is 17.0 Å². The fourth-order valence-corrected chi connectivity index (χ4v) is 2.90. The van der Waals surface area contributed by atoms with Crippen molar-refractivity contribution in [3.63, 3.8) is 0 Å². The Labute approximate surface area is 126 Å². The summed E-state index contributed by atoms with van der Waals surface area (Å²) in [6.07, 6.45) is 4.26. The number of nitrogens with zero attached hydrogens (tertiary/aromatic N) is 3. The van der Waals surface area contributed by atoms with Crippen LogP contribution in [-0.4, -0.2) is 63.9 Å². The molecule has 1 N–H and O–H groups in total. The van der Waals surface area contributed by atoms with E-state index in [-0.39, 0.29) is 19.6 Å². The molecule has 8 nitrogen and oxygen atoms in total. The van der Waals surface area contributed by atoms with Gasteiger partial charge in [0.25, 0.3) is 10.2 Å². The summed E-state index contributed by atoms with van der Waals surface area (Å²) in [7, 11) is -4.22. The first kappa shape index (κ1) is 18.0. The highest BCUT2D eigenvalue weighted by Gasteiger charge is 2.19. The number of hydrogen-bond acceptors (Lipinski definition) is 5. The summed E-state index contributed by atoms with van der Waals surface area (Å²) in [6.45, 7) is 0.186. The molecule has 0 saturated carbocycles. The van der Waals surface area contributed by atoms with E-state index in [1.165, 1.54) is 18.4 Å². The smallest absolute Gasteiger partial charge is 0.264 e. The second-order valence-corrected chi connectivity index (χ2v) is 8.59. The number of sulfonamides is 1. The molecule has 0 amide bonds. The maximum absolute atomic E-state index is 11.7. The summed E-state index contributed by atoms with van der Waals surface area (Å²) in [5, 5.41) is 0. The van der Waals surface area contributed by atoms with Gasteiger partial charge >= 0.3 is 0 Å². The van der Waals surface area contributed by atoms with Crippen LogP contribution in [0, 0.1) is 0 Å². The molecule has 0 aliphatic heterocycles. The van der Waals surface area contributed by atoms with Gasteiger partial charge in [0, 0.05) is 46.1 Å². The number of pyridine rings is 1. The lowest BCUT2D eigenvalue weighted by Crippen LogP contribution is -2.41. The molecule has 0 atom stereocenters. The summed E-state index contributed by atoms with van der Waals surface area (Å²) >= 11 is 0. The first-order chi connectivity index (χ1) is 9.63. The predicted molar refractivity (Wildman–Crippen MR) is 80.1 cm³/mol. The minimum absolute atomic E-state index is 0.00611. The lowest BCUT2D eigenvalue weighted by atomic mass is 10.3. The van der Waals surface area contributed by atoms with Crippen LogP contribution in [0.1, 0.15) is 5.56 Å². The monoisotopic (exact) mass is 336 g/mol.